The normalized spacial score (nSPS) is 12.3. The van der Waals surface area contributed by atoms with E-state index in [9.17, 15) is 9.50 Å². The molecule has 1 N–H and O–H groups in total. The molecule has 20 heavy (non-hydrogen) atoms. The summed E-state index contributed by atoms with van der Waals surface area (Å²) in [5.74, 6) is -0.0805. The number of rotatable bonds is 3. The average molecular weight is 404 g/mol. The molecule has 0 aliphatic heterocycles. The maximum absolute atomic E-state index is 14.0. The minimum Gasteiger partial charge on any atom is -0.497 e. The van der Waals surface area contributed by atoms with Gasteiger partial charge in [0.1, 0.15) is 17.7 Å². The lowest BCUT2D eigenvalue weighted by molar-refractivity contribution is 0.214. The summed E-state index contributed by atoms with van der Waals surface area (Å²) in [6.07, 6.45) is -1.05. The van der Waals surface area contributed by atoms with Crippen LogP contribution in [0.15, 0.2) is 39.3 Å². The molecule has 5 heteroatoms. The minimum absolute atomic E-state index is 0.210. The second-order valence-corrected chi connectivity index (χ2v) is 6.12. The Labute approximate surface area is 133 Å². The smallest absolute Gasteiger partial charge is 0.133 e. The topological polar surface area (TPSA) is 29.5 Å². The Balaban J connectivity index is 2.46. The first-order chi connectivity index (χ1) is 9.43. The van der Waals surface area contributed by atoms with Gasteiger partial charge in [0.05, 0.1) is 7.11 Å². The average Bonchev–Trinajstić information content (AvgIpc) is 2.42. The Kier molecular flexibility index (Phi) is 4.83. The van der Waals surface area contributed by atoms with E-state index >= 15 is 0 Å². The second kappa shape index (κ2) is 6.24. The predicted molar refractivity (Wildman–Crippen MR) is 83.6 cm³/mol. The molecule has 1 atom stereocenters. The fourth-order valence-corrected chi connectivity index (χ4v) is 2.93. The Morgan fingerprint density at radius 3 is 2.40 bits per heavy atom. The number of benzene rings is 2. The van der Waals surface area contributed by atoms with Gasteiger partial charge in [-0.2, -0.15) is 0 Å². The van der Waals surface area contributed by atoms with Gasteiger partial charge in [0, 0.05) is 26.1 Å². The van der Waals surface area contributed by atoms with Gasteiger partial charge < -0.3 is 9.84 Å². The Bertz CT molecular complexity index is 644. The largest absolute Gasteiger partial charge is 0.497 e. The number of methoxy groups -OCH3 is 1. The van der Waals surface area contributed by atoms with Crippen molar-refractivity contribution in [2.75, 3.05) is 7.11 Å². The van der Waals surface area contributed by atoms with Crippen LogP contribution in [0.3, 0.4) is 0 Å². The first-order valence-corrected chi connectivity index (χ1v) is 7.49. The van der Waals surface area contributed by atoms with Gasteiger partial charge in [0.15, 0.2) is 0 Å². The Morgan fingerprint density at radius 1 is 1.10 bits per heavy atom. The van der Waals surface area contributed by atoms with Crippen LogP contribution in [0, 0.1) is 12.7 Å². The van der Waals surface area contributed by atoms with Crippen LogP contribution in [0.4, 0.5) is 4.39 Å². The first-order valence-electron chi connectivity index (χ1n) is 5.91. The fourth-order valence-electron chi connectivity index (χ4n) is 1.90. The number of aryl methyl sites for hydroxylation is 1. The van der Waals surface area contributed by atoms with Gasteiger partial charge in [0.2, 0.25) is 0 Å². The highest BCUT2D eigenvalue weighted by atomic mass is 79.9. The molecular formula is C15H13Br2FO2. The van der Waals surface area contributed by atoms with E-state index < -0.39 is 11.9 Å². The van der Waals surface area contributed by atoms with E-state index in [0.717, 1.165) is 14.5 Å². The van der Waals surface area contributed by atoms with E-state index in [2.05, 4.69) is 31.9 Å². The third-order valence-electron chi connectivity index (χ3n) is 3.07. The summed E-state index contributed by atoms with van der Waals surface area (Å²) in [5, 5.41) is 10.4. The summed E-state index contributed by atoms with van der Waals surface area (Å²) in [6, 6.07) is 8.07. The van der Waals surface area contributed by atoms with Gasteiger partial charge >= 0.3 is 0 Å². The molecule has 0 fully saturated rings. The fraction of sp³-hybridized carbons (Fsp3) is 0.200. The van der Waals surface area contributed by atoms with Crippen molar-refractivity contribution in [3.05, 3.63) is 61.8 Å². The van der Waals surface area contributed by atoms with E-state index in [1.807, 2.05) is 13.0 Å². The number of hydrogen-bond donors (Lipinski definition) is 1. The lowest BCUT2D eigenvalue weighted by Crippen LogP contribution is -2.04. The monoisotopic (exact) mass is 402 g/mol. The van der Waals surface area contributed by atoms with Crippen molar-refractivity contribution < 1.29 is 14.2 Å². The van der Waals surface area contributed by atoms with Crippen LogP contribution in [-0.2, 0) is 0 Å². The van der Waals surface area contributed by atoms with Gasteiger partial charge in [-0.25, -0.2) is 4.39 Å². The van der Waals surface area contributed by atoms with Gasteiger partial charge in [-0.1, -0.05) is 31.9 Å². The molecule has 1 unspecified atom stereocenters. The van der Waals surface area contributed by atoms with Crippen LogP contribution in [0.25, 0.3) is 0 Å². The molecule has 0 aliphatic carbocycles. The summed E-state index contributed by atoms with van der Waals surface area (Å²) in [7, 11) is 1.47. The molecule has 0 radical (unpaired) electrons. The Morgan fingerprint density at radius 2 is 1.80 bits per heavy atom. The Hall–Kier alpha value is -0.910. The molecule has 2 aromatic carbocycles. The van der Waals surface area contributed by atoms with E-state index in [4.69, 9.17) is 4.74 Å². The minimum atomic E-state index is -1.05. The molecule has 0 heterocycles. The van der Waals surface area contributed by atoms with Gasteiger partial charge in [0.25, 0.3) is 0 Å². The second-order valence-electron chi connectivity index (χ2n) is 4.41. The zero-order valence-electron chi connectivity index (χ0n) is 11.0. The van der Waals surface area contributed by atoms with E-state index in [-0.39, 0.29) is 5.56 Å². The molecule has 0 aliphatic rings. The lowest BCUT2D eigenvalue weighted by atomic mass is 10.00. The first kappa shape index (κ1) is 15.5. The number of halogens is 3. The predicted octanol–water partition coefficient (Wildman–Crippen LogP) is 4.75. The molecule has 2 rings (SSSR count). The summed E-state index contributed by atoms with van der Waals surface area (Å²) < 4.78 is 20.6. The van der Waals surface area contributed by atoms with Gasteiger partial charge in [-0.3, -0.25) is 0 Å². The highest BCUT2D eigenvalue weighted by molar-refractivity contribution is 9.11. The van der Waals surface area contributed by atoms with Crippen molar-refractivity contribution in [2.45, 2.75) is 13.0 Å². The summed E-state index contributed by atoms with van der Waals surface area (Å²) in [6.45, 7) is 1.94. The molecule has 0 bridgehead atoms. The van der Waals surface area contributed by atoms with E-state index in [1.165, 1.54) is 19.2 Å². The summed E-state index contributed by atoms with van der Waals surface area (Å²) >= 11 is 6.82. The number of hydrogen-bond acceptors (Lipinski definition) is 2. The maximum Gasteiger partial charge on any atom is 0.133 e. The third-order valence-corrected chi connectivity index (χ3v) is 4.62. The molecule has 0 spiro atoms. The summed E-state index contributed by atoms with van der Waals surface area (Å²) in [5.41, 5.74) is 1.84. The molecule has 0 amide bonds. The van der Waals surface area contributed by atoms with Crippen molar-refractivity contribution in [2.24, 2.45) is 0 Å². The molecule has 0 saturated carbocycles. The molecule has 2 aromatic rings. The van der Waals surface area contributed by atoms with Crippen LogP contribution in [0.2, 0.25) is 0 Å². The zero-order chi connectivity index (χ0) is 14.9. The molecule has 0 aromatic heterocycles. The maximum atomic E-state index is 14.0. The zero-order valence-corrected chi connectivity index (χ0v) is 14.1. The standard InChI is InChI=1S/C15H13Br2FO2/c1-8-5-13(17)11(7-12(8)16)15(19)10-4-3-9(20-2)6-14(10)18/h3-7,15,19H,1-2H3. The van der Waals surface area contributed by atoms with Crippen LogP contribution >= 0.6 is 31.9 Å². The van der Waals surface area contributed by atoms with Crippen LogP contribution in [0.1, 0.15) is 22.8 Å². The van der Waals surface area contributed by atoms with Gasteiger partial charge in [-0.05, 0) is 36.8 Å². The number of ether oxygens (including phenoxy) is 1. The van der Waals surface area contributed by atoms with Crippen molar-refractivity contribution in [1.29, 1.82) is 0 Å². The quantitative estimate of drug-likeness (QED) is 0.801. The van der Waals surface area contributed by atoms with Crippen LogP contribution in [0.5, 0.6) is 5.75 Å². The SMILES string of the molecule is COc1ccc(C(O)c2cc(Br)c(C)cc2Br)c(F)c1. The van der Waals surface area contributed by atoms with Crippen LogP contribution < -0.4 is 4.74 Å². The molecular weight excluding hydrogens is 391 g/mol. The number of aliphatic hydroxyl groups is 1. The van der Waals surface area contributed by atoms with Crippen molar-refractivity contribution in [1.82, 2.24) is 0 Å². The van der Waals surface area contributed by atoms with Crippen LogP contribution in [-0.4, -0.2) is 12.2 Å². The number of aliphatic hydroxyl groups excluding tert-OH is 1. The molecule has 0 saturated heterocycles. The lowest BCUT2D eigenvalue weighted by Gasteiger charge is -2.16. The van der Waals surface area contributed by atoms with E-state index in [1.54, 1.807) is 12.1 Å². The highest BCUT2D eigenvalue weighted by Crippen LogP contribution is 2.34. The third kappa shape index (κ3) is 3.05. The molecule has 106 valence electrons. The van der Waals surface area contributed by atoms with Crippen molar-refractivity contribution >= 4 is 31.9 Å². The van der Waals surface area contributed by atoms with Gasteiger partial charge in [-0.15, -0.1) is 0 Å². The summed E-state index contributed by atoms with van der Waals surface area (Å²) in [4.78, 5) is 0. The van der Waals surface area contributed by atoms with Crippen molar-refractivity contribution in [3.63, 3.8) is 0 Å². The highest BCUT2D eigenvalue weighted by Gasteiger charge is 2.19. The molecule has 2 nitrogen and oxygen atoms in total. The van der Waals surface area contributed by atoms with E-state index in [0.29, 0.717) is 11.3 Å². The van der Waals surface area contributed by atoms with Crippen molar-refractivity contribution in [3.8, 4) is 5.75 Å².